The first-order chi connectivity index (χ1) is 9.66. The third kappa shape index (κ3) is 3.04. The number of carbonyl (C=O) groups is 1. The first-order valence-corrected chi connectivity index (χ1v) is 7.19. The van der Waals surface area contributed by atoms with E-state index in [1.54, 1.807) is 18.2 Å². The molecule has 0 saturated carbocycles. The Morgan fingerprint density at radius 2 is 1.57 bits per heavy atom. The van der Waals surface area contributed by atoms with Gasteiger partial charge in [-0.05, 0) is 36.6 Å². The summed E-state index contributed by atoms with van der Waals surface area (Å²) in [5, 5.41) is 1.13. The van der Waals surface area contributed by atoms with Gasteiger partial charge in [-0.3, -0.25) is 4.79 Å². The number of allylic oxidation sites excluding steroid dienone is 1. The Bertz CT molecular complexity index is 697. The van der Waals surface area contributed by atoms with Gasteiger partial charge in [0.2, 0.25) is 0 Å². The van der Waals surface area contributed by atoms with Gasteiger partial charge in [-0.2, -0.15) is 0 Å². The number of hydrogen-bond donors (Lipinski definition) is 0. The molecule has 0 radical (unpaired) electrons. The van der Waals surface area contributed by atoms with Crippen LogP contribution in [0.15, 0.2) is 48.0 Å². The number of rotatable bonds is 1. The summed E-state index contributed by atoms with van der Waals surface area (Å²) in [6, 6.07) is 13.1. The Balaban J connectivity index is 0.00000161. The summed E-state index contributed by atoms with van der Waals surface area (Å²) in [5.74, 6) is 0.0721. The highest BCUT2D eigenvalue weighted by atomic mass is 35.5. The van der Waals surface area contributed by atoms with Crippen LogP contribution in [0.25, 0.3) is 6.08 Å². The van der Waals surface area contributed by atoms with Crippen LogP contribution in [0.2, 0.25) is 10.0 Å². The van der Waals surface area contributed by atoms with Crippen molar-refractivity contribution in [2.45, 2.75) is 20.3 Å². The molecule has 0 heterocycles. The minimum Gasteiger partial charge on any atom is -0.289 e. The molecule has 0 saturated heterocycles. The lowest BCUT2D eigenvalue weighted by Crippen LogP contribution is -2.13. The molecule has 0 spiro atoms. The number of hydrogen-bond acceptors (Lipinski definition) is 1. The molecule has 2 aromatic rings. The standard InChI is InChI=1S/C17H12Cl2O.CH4/c18-15-6-3-7-16(19)14(15)10-12-9-8-11-4-1-2-5-13(11)17(12)20;/h1-7,10H,8-9H2;1H4/b12-10+;. The Morgan fingerprint density at radius 1 is 0.905 bits per heavy atom. The molecule has 1 aliphatic carbocycles. The first-order valence-electron chi connectivity index (χ1n) is 6.44. The van der Waals surface area contributed by atoms with Crippen molar-refractivity contribution in [3.05, 3.63) is 74.8 Å². The SMILES string of the molecule is C.O=C1/C(=C/c2c(Cl)cccc2Cl)CCc2ccccc21. The molecule has 0 unspecified atom stereocenters. The van der Waals surface area contributed by atoms with Gasteiger partial charge in [-0.15, -0.1) is 0 Å². The topological polar surface area (TPSA) is 17.1 Å². The van der Waals surface area contributed by atoms with E-state index in [1.807, 2.05) is 30.3 Å². The quantitative estimate of drug-likeness (QED) is 0.603. The van der Waals surface area contributed by atoms with E-state index in [4.69, 9.17) is 23.2 Å². The zero-order valence-electron chi connectivity index (χ0n) is 10.7. The van der Waals surface area contributed by atoms with Crippen LogP contribution in [0.1, 0.15) is 35.3 Å². The molecule has 0 fully saturated rings. The van der Waals surface area contributed by atoms with Crippen molar-refractivity contribution in [1.29, 1.82) is 0 Å². The van der Waals surface area contributed by atoms with Crippen molar-refractivity contribution in [2.75, 3.05) is 0 Å². The third-order valence-electron chi connectivity index (χ3n) is 3.54. The number of fused-ring (bicyclic) bond motifs is 1. The predicted octanol–water partition coefficient (Wildman–Crippen LogP) is 5.84. The maximum Gasteiger partial charge on any atom is 0.189 e. The zero-order chi connectivity index (χ0) is 14.1. The number of benzene rings is 2. The molecule has 0 N–H and O–H groups in total. The molecule has 1 aliphatic rings. The summed E-state index contributed by atoms with van der Waals surface area (Å²) in [6.07, 6.45) is 3.41. The lowest BCUT2D eigenvalue weighted by atomic mass is 9.86. The minimum atomic E-state index is 0. The fourth-order valence-electron chi connectivity index (χ4n) is 2.48. The highest BCUT2D eigenvalue weighted by Crippen LogP contribution is 2.31. The van der Waals surface area contributed by atoms with Crippen LogP contribution in [0, 0.1) is 0 Å². The second kappa shape index (κ2) is 6.46. The lowest BCUT2D eigenvalue weighted by Gasteiger charge is -2.17. The molecule has 0 amide bonds. The zero-order valence-corrected chi connectivity index (χ0v) is 12.2. The minimum absolute atomic E-state index is 0. The van der Waals surface area contributed by atoms with E-state index in [-0.39, 0.29) is 13.2 Å². The summed E-state index contributed by atoms with van der Waals surface area (Å²) in [5.41, 5.74) is 3.38. The molecule has 2 aromatic carbocycles. The van der Waals surface area contributed by atoms with Gasteiger partial charge in [-0.1, -0.05) is 61.0 Å². The van der Waals surface area contributed by atoms with Gasteiger partial charge >= 0.3 is 0 Å². The Morgan fingerprint density at radius 3 is 2.29 bits per heavy atom. The van der Waals surface area contributed by atoms with E-state index >= 15 is 0 Å². The van der Waals surface area contributed by atoms with Gasteiger partial charge in [0, 0.05) is 26.7 Å². The molecule has 0 aliphatic heterocycles. The Kier molecular flexibility index (Phi) is 4.87. The van der Waals surface area contributed by atoms with E-state index in [9.17, 15) is 4.79 Å². The lowest BCUT2D eigenvalue weighted by molar-refractivity contribution is 0.102. The van der Waals surface area contributed by atoms with Crippen LogP contribution in [0.4, 0.5) is 0 Å². The van der Waals surface area contributed by atoms with Gasteiger partial charge in [-0.25, -0.2) is 0 Å². The molecular formula is C18H16Cl2O. The van der Waals surface area contributed by atoms with Crippen LogP contribution in [0.3, 0.4) is 0 Å². The van der Waals surface area contributed by atoms with E-state index in [1.165, 1.54) is 0 Å². The van der Waals surface area contributed by atoms with Gasteiger partial charge in [0.15, 0.2) is 5.78 Å². The summed E-state index contributed by atoms with van der Waals surface area (Å²) in [7, 11) is 0. The predicted molar refractivity (Wildman–Crippen MR) is 90.3 cm³/mol. The van der Waals surface area contributed by atoms with Crippen molar-refractivity contribution in [2.24, 2.45) is 0 Å². The highest BCUT2D eigenvalue weighted by molar-refractivity contribution is 6.37. The van der Waals surface area contributed by atoms with Gasteiger partial charge in [0.1, 0.15) is 0 Å². The van der Waals surface area contributed by atoms with E-state index in [0.717, 1.165) is 35.1 Å². The monoisotopic (exact) mass is 318 g/mol. The second-order valence-electron chi connectivity index (χ2n) is 4.79. The number of carbonyl (C=O) groups excluding carboxylic acids is 1. The number of ketones is 1. The number of aryl methyl sites for hydroxylation is 1. The highest BCUT2D eigenvalue weighted by Gasteiger charge is 2.21. The normalized spacial score (nSPS) is 15.5. The molecule has 3 heteroatoms. The molecule has 3 rings (SSSR count). The summed E-state index contributed by atoms with van der Waals surface area (Å²) < 4.78 is 0. The van der Waals surface area contributed by atoms with Crippen molar-refractivity contribution < 1.29 is 4.79 Å². The first kappa shape index (κ1) is 15.8. The molecule has 0 atom stereocenters. The van der Waals surface area contributed by atoms with Crippen LogP contribution in [-0.4, -0.2) is 5.78 Å². The second-order valence-corrected chi connectivity index (χ2v) is 5.61. The van der Waals surface area contributed by atoms with Crippen LogP contribution in [0.5, 0.6) is 0 Å². The average Bonchev–Trinajstić information content (AvgIpc) is 2.45. The summed E-state index contributed by atoms with van der Waals surface area (Å²) in [4.78, 5) is 12.5. The number of halogens is 2. The fourth-order valence-corrected chi connectivity index (χ4v) is 2.98. The van der Waals surface area contributed by atoms with Crippen LogP contribution >= 0.6 is 23.2 Å². The van der Waals surface area contributed by atoms with Crippen LogP contribution < -0.4 is 0 Å². The maximum atomic E-state index is 12.5. The molecule has 1 nitrogen and oxygen atoms in total. The molecule has 0 aromatic heterocycles. The van der Waals surface area contributed by atoms with Crippen LogP contribution in [-0.2, 0) is 6.42 Å². The van der Waals surface area contributed by atoms with E-state index in [0.29, 0.717) is 10.0 Å². The van der Waals surface area contributed by atoms with Crippen molar-refractivity contribution in [1.82, 2.24) is 0 Å². The molecular weight excluding hydrogens is 303 g/mol. The molecule has 0 bridgehead atoms. The fraction of sp³-hybridized carbons (Fsp3) is 0.167. The average molecular weight is 319 g/mol. The third-order valence-corrected chi connectivity index (χ3v) is 4.19. The van der Waals surface area contributed by atoms with E-state index < -0.39 is 0 Å². The molecule has 21 heavy (non-hydrogen) atoms. The molecule has 108 valence electrons. The van der Waals surface area contributed by atoms with Crippen molar-refractivity contribution >= 4 is 35.1 Å². The number of Topliss-reactive ketones (excluding diaryl/α,β-unsaturated/α-hetero) is 1. The van der Waals surface area contributed by atoms with Crippen molar-refractivity contribution in [3.8, 4) is 0 Å². The van der Waals surface area contributed by atoms with Gasteiger partial charge < -0.3 is 0 Å². The smallest absolute Gasteiger partial charge is 0.189 e. The maximum absolute atomic E-state index is 12.5. The van der Waals surface area contributed by atoms with Crippen molar-refractivity contribution in [3.63, 3.8) is 0 Å². The summed E-state index contributed by atoms with van der Waals surface area (Å²) >= 11 is 12.3. The Hall–Kier alpha value is -1.57. The van der Waals surface area contributed by atoms with E-state index in [2.05, 4.69) is 0 Å². The largest absolute Gasteiger partial charge is 0.289 e. The Labute approximate surface area is 135 Å². The summed E-state index contributed by atoms with van der Waals surface area (Å²) in [6.45, 7) is 0. The van der Waals surface area contributed by atoms with Gasteiger partial charge in [0.25, 0.3) is 0 Å². The van der Waals surface area contributed by atoms with Gasteiger partial charge in [0.05, 0.1) is 0 Å².